The van der Waals surface area contributed by atoms with Crippen molar-refractivity contribution in [1.82, 2.24) is 9.80 Å². The minimum absolute atomic E-state index is 0.0625. The van der Waals surface area contributed by atoms with Crippen molar-refractivity contribution in [2.45, 2.75) is 6.54 Å². The first-order valence-corrected chi connectivity index (χ1v) is 9.36. The molecule has 0 aliphatic carbocycles. The van der Waals surface area contributed by atoms with Gasteiger partial charge in [-0.2, -0.15) is 0 Å². The van der Waals surface area contributed by atoms with Gasteiger partial charge in [0.2, 0.25) is 0 Å². The molecule has 3 heterocycles. The van der Waals surface area contributed by atoms with E-state index in [4.69, 9.17) is 9.47 Å². The Balaban J connectivity index is 1.30. The molecule has 2 amide bonds. The number of nitrogens with one attached hydrogen (secondary N) is 1. The second-order valence-electron chi connectivity index (χ2n) is 6.13. The average molecular weight is 359 g/mol. The second kappa shape index (κ2) is 7.33. The number of anilines is 1. The third kappa shape index (κ3) is 3.88. The molecule has 0 saturated carbocycles. The van der Waals surface area contributed by atoms with Gasteiger partial charge in [-0.15, -0.1) is 11.3 Å². The maximum absolute atomic E-state index is 12.5. The van der Waals surface area contributed by atoms with Crippen LogP contribution in [0.25, 0.3) is 0 Å². The van der Waals surface area contributed by atoms with Crippen LogP contribution in [0, 0.1) is 0 Å². The summed E-state index contributed by atoms with van der Waals surface area (Å²) in [6.07, 6.45) is 0. The van der Waals surface area contributed by atoms with Gasteiger partial charge in [0.15, 0.2) is 11.5 Å². The van der Waals surface area contributed by atoms with Gasteiger partial charge in [-0.05, 0) is 23.6 Å². The van der Waals surface area contributed by atoms with Gasteiger partial charge in [-0.3, -0.25) is 4.90 Å². The molecule has 0 bridgehead atoms. The monoisotopic (exact) mass is 359 g/mol. The van der Waals surface area contributed by atoms with E-state index in [0.717, 1.165) is 44.2 Å². The fraction of sp³-hybridized carbons (Fsp3) is 0.389. The van der Waals surface area contributed by atoms with Crippen LogP contribution >= 0.6 is 11.3 Å². The summed E-state index contributed by atoms with van der Waals surface area (Å²) in [7, 11) is 0. The number of hydrogen-bond acceptors (Lipinski definition) is 5. The molecule has 2 aliphatic rings. The molecule has 2 aromatic rings. The summed E-state index contributed by atoms with van der Waals surface area (Å²) >= 11 is 1.78. The van der Waals surface area contributed by atoms with Gasteiger partial charge in [0.25, 0.3) is 0 Å². The molecule has 25 heavy (non-hydrogen) atoms. The number of thiophene rings is 1. The van der Waals surface area contributed by atoms with Crippen molar-refractivity contribution in [2.75, 3.05) is 44.7 Å². The molecule has 1 aromatic heterocycles. The lowest BCUT2D eigenvalue weighted by Crippen LogP contribution is -2.49. The third-order valence-corrected chi connectivity index (χ3v) is 5.27. The molecule has 0 unspecified atom stereocenters. The van der Waals surface area contributed by atoms with Crippen molar-refractivity contribution in [2.24, 2.45) is 0 Å². The summed E-state index contributed by atoms with van der Waals surface area (Å²) in [4.78, 5) is 18.1. The molecule has 1 saturated heterocycles. The zero-order valence-electron chi connectivity index (χ0n) is 13.9. The smallest absolute Gasteiger partial charge is 0.321 e. The van der Waals surface area contributed by atoms with E-state index in [2.05, 4.69) is 27.7 Å². The molecule has 0 spiro atoms. The first-order chi connectivity index (χ1) is 12.3. The Morgan fingerprint density at radius 3 is 2.64 bits per heavy atom. The zero-order chi connectivity index (χ0) is 17.1. The lowest BCUT2D eigenvalue weighted by molar-refractivity contribution is 0.143. The summed E-state index contributed by atoms with van der Waals surface area (Å²) in [6.45, 7) is 5.34. The molecular formula is C18H21N3O3S. The molecule has 132 valence electrons. The summed E-state index contributed by atoms with van der Waals surface area (Å²) in [5.41, 5.74) is 0.732. The molecule has 7 heteroatoms. The third-order valence-electron chi connectivity index (χ3n) is 4.41. The number of nitrogens with zero attached hydrogens (tertiary/aromatic N) is 2. The maximum atomic E-state index is 12.5. The number of fused-ring (bicyclic) bond motifs is 1. The number of ether oxygens (including phenoxy) is 2. The van der Waals surface area contributed by atoms with Crippen LogP contribution in [0.3, 0.4) is 0 Å². The number of rotatable bonds is 3. The highest BCUT2D eigenvalue weighted by molar-refractivity contribution is 7.09. The van der Waals surface area contributed by atoms with Crippen molar-refractivity contribution in [1.29, 1.82) is 0 Å². The molecule has 1 N–H and O–H groups in total. The second-order valence-corrected chi connectivity index (χ2v) is 7.16. The number of urea groups is 1. The summed E-state index contributed by atoms with van der Waals surface area (Å²) in [5, 5.41) is 5.06. The number of amides is 2. The number of carbonyl (C=O) groups excluding carboxylic acids is 1. The Hall–Kier alpha value is -2.25. The largest absolute Gasteiger partial charge is 0.486 e. The van der Waals surface area contributed by atoms with Gasteiger partial charge in [-0.1, -0.05) is 6.07 Å². The molecule has 0 atom stereocenters. The van der Waals surface area contributed by atoms with Gasteiger partial charge < -0.3 is 19.7 Å². The standard InChI is InChI=1S/C18H21N3O3S/c22-18(19-14-3-4-16-17(12-14)24-10-9-23-16)21-7-5-20(6-8-21)13-15-2-1-11-25-15/h1-4,11-12H,5-10,13H2,(H,19,22). The van der Waals surface area contributed by atoms with Crippen LogP contribution in [0.1, 0.15) is 4.88 Å². The fourth-order valence-corrected chi connectivity index (χ4v) is 3.80. The predicted octanol–water partition coefficient (Wildman–Crippen LogP) is 2.87. The van der Waals surface area contributed by atoms with Gasteiger partial charge in [-0.25, -0.2) is 4.79 Å². The minimum Gasteiger partial charge on any atom is -0.486 e. The molecule has 2 aliphatic heterocycles. The van der Waals surface area contributed by atoms with E-state index in [1.165, 1.54) is 4.88 Å². The average Bonchev–Trinajstić information content (AvgIpc) is 3.15. The highest BCUT2D eigenvalue weighted by atomic mass is 32.1. The van der Waals surface area contributed by atoms with E-state index in [0.29, 0.717) is 19.0 Å². The van der Waals surface area contributed by atoms with Crippen LogP contribution in [0.5, 0.6) is 11.5 Å². The van der Waals surface area contributed by atoms with Crippen LogP contribution in [0.4, 0.5) is 10.5 Å². The van der Waals surface area contributed by atoms with Crippen LogP contribution in [-0.4, -0.2) is 55.2 Å². The number of piperazine rings is 1. The number of hydrogen-bond donors (Lipinski definition) is 1. The zero-order valence-corrected chi connectivity index (χ0v) is 14.8. The molecule has 4 rings (SSSR count). The van der Waals surface area contributed by atoms with Crippen molar-refractivity contribution in [3.05, 3.63) is 40.6 Å². The van der Waals surface area contributed by atoms with E-state index >= 15 is 0 Å². The molecule has 1 aromatic carbocycles. The van der Waals surface area contributed by atoms with Crippen LogP contribution < -0.4 is 14.8 Å². The Morgan fingerprint density at radius 1 is 1.08 bits per heavy atom. The Bertz CT molecular complexity index is 727. The van der Waals surface area contributed by atoms with Crippen molar-refractivity contribution >= 4 is 23.1 Å². The SMILES string of the molecule is O=C(Nc1ccc2c(c1)OCCO2)N1CCN(Cc2cccs2)CC1. The Morgan fingerprint density at radius 2 is 1.88 bits per heavy atom. The maximum Gasteiger partial charge on any atom is 0.321 e. The lowest BCUT2D eigenvalue weighted by Gasteiger charge is -2.34. The summed E-state index contributed by atoms with van der Waals surface area (Å²) in [6, 6.07) is 9.68. The topological polar surface area (TPSA) is 54.0 Å². The van der Waals surface area contributed by atoms with Gasteiger partial charge in [0.1, 0.15) is 13.2 Å². The van der Waals surface area contributed by atoms with Gasteiger partial charge in [0.05, 0.1) is 0 Å². The molecule has 6 nitrogen and oxygen atoms in total. The summed E-state index contributed by atoms with van der Waals surface area (Å²) < 4.78 is 11.1. The molecule has 1 fully saturated rings. The van der Waals surface area contributed by atoms with E-state index in [-0.39, 0.29) is 6.03 Å². The Labute approximate surface area is 150 Å². The Kier molecular flexibility index (Phi) is 4.76. The van der Waals surface area contributed by atoms with Gasteiger partial charge in [0, 0.05) is 49.4 Å². The normalized spacial score (nSPS) is 17.4. The van der Waals surface area contributed by atoms with E-state index in [1.54, 1.807) is 11.3 Å². The number of benzene rings is 1. The highest BCUT2D eigenvalue weighted by Gasteiger charge is 2.22. The highest BCUT2D eigenvalue weighted by Crippen LogP contribution is 2.32. The van der Waals surface area contributed by atoms with Crippen LogP contribution in [0.2, 0.25) is 0 Å². The van der Waals surface area contributed by atoms with E-state index in [1.807, 2.05) is 23.1 Å². The number of carbonyl (C=O) groups is 1. The fourth-order valence-electron chi connectivity index (χ4n) is 3.06. The lowest BCUT2D eigenvalue weighted by atomic mass is 10.2. The molecule has 0 radical (unpaired) electrons. The first-order valence-electron chi connectivity index (χ1n) is 8.48. The molecular weight excluding hydrogens is 338 g/mol. The first kappa shape index (κ1) is 16.2. The van der Waals surface area contributed by atoms with Crippen LogP contribution in [0.15, 0.2) is 35.7 Å². The van der Waals surface area contributed by atoms with E-state index < -0.39 is 0 Å². The predicted molar refractivity (Wildman–Crippen MR) is 97.6 cm³/mol. The summed E-state index contributed by atoms with van der Waals surface area (Å²) in [5.74, 6) is 1.41. The van der Waals surface area contributed by atoms with Crippen molar-refractivity contribution in [3.63, 3.8) is 0 Å². The van der Waals surface area contributed by atoms with Crippen LogP contribution in [-0.2, 0) is 6.54 Å². The quantitative estimate of drug-likeness (QED) is 0.916. The van der Waals surface area contributed by atoms with Gasteiger partial charge >= 0.3 is 6.03 Å². The minimum atomic E-state index is -0.0625. The van der Waals surface area contributed by atoms with Crippen molar-refractivity contribution in [3.8, 4) is 11.5 Å². The van der Waals surface area contributed by atoms with E-state index in [9.17, 15) is 4.79 Å². The van der Waals surface area contributed by atoms with Crippen molar-refractivity contribution < 1.29 is 14.3 Å².